The van der Waals surface area contributed by atoms with Gasteiger partial charge in [-0.1, -0.05) is 18.2 Å². The van der Waals surface area contributed by atoms with Gasteiger partial charge in [0.1, 0.15) is 12.4 Å². The lowest BCUT2D eigenvalue weighted by Crippen LogP contribution is -2.45. The van der Waals surface area contributed by atoms with Gasteiger partial charge in [0.25, 0.3) is 0 Å². The number of hydrogen-bond donors (Lipinski definition) is 2. The second kappa shape index (κ2) is 7.22. The van der Waals surface area contributed by atoms with E-state index in [1.54, 1.807) is 25.1 Å². The van der Waals surface area contributed by atoms with Crippen LogP contribution in [0.15, 0.2) is 53.7 Å². The molecule has 7 nitrogen and oxygen atoms in total. The fourth-order valence-corrected chi connectivity index (χ4v) is 3.13. The van der Waals surface area contributed by atoms with E-state index in [9.17, 15) is 14.0 Å². The Labute approximate surface area is 160 Å². The van der Waals surface area contributed by atoms with Gasteiger partial charge in [-0.15, -0.1) is 0 Å². The first-order valence-corrected chi connectivity index (χ1v) is 8.60. The average molecular weight is 384 g/mol. The fraction of sp³-hybridized carbons (Fsp3) is 0.200. The van der Waals surface area contributed by atoms with Crippen LogP contribution in [0.2, 0.25) is 0 Å². The highest BCUT2D eigenvalue weighted by Gasteiger charge is 2.32. The van der Waals surface area contributed by atoms with Crippen LogP contribution >= 0.6 is 0 Å². The SMILES string of the molecule is CC1=C(C(=O)OCc2ccc3c(c2)OCO3)[C@H](c2ccc(F)cc2)NC(=O)N1. The molecule has 2 amide bonds. The van der Waals surface area contributed by atoms with Crippen LogP contribution in [0.3, 0.4) is 0 Å². The zero-order valence-corrected chi connectivity index (χ0v) is 15.0. The van der Waals surface area contributed by atoms with E-state index >= 15 is 0 Å². The van der Waals surface area contributed by atoms with Gasteiger partial charge in [0.05, 0.1) is 11.6 Å². The van der Waals surface area contributed by atoms with Crippen LogP contribution in [0.25, 0.3) is 0 Å². The molecular formula is C20H17FN2O5. The van der Waals surface area contributed by atoms with Gasteiger partial charge in [0.2, 0.25) is 6.79 Å². The molecule has 0 spiro atoms. The number of allylic oxidation sites excluding steroid dienone is 1. The monoisotopic (exact) mass is 384 g/mol. The number of halogens is 1. The highest BCUT2D eigenvalue weighted by molar-refractivity contribution is 5.95. The maximum atomic E-state index is 13.2. The largest absolute Gasteiger partial charge is 0.457 e. The number of hydrogen-bond acceptors (Lipinski definition) is 5. The predicted molar refractivity (Wildman–Crippen MR) is 95.9 cm³/mol. The van der Waals surface area contributed by atoms with E-state index in [1.807, 2.05) is 0 Å². The summed E-state index contributed by atoms with van der Waals surface area (Å²) in [7, 11) is 0. The molecule has 144 valence electrons. The van der Waals surface area contributed by atoms with E-state index in [0.717, 1.165) is 5.56 Å². The summed E-state index contributed by atoms with van der Waals surface area (Å²) in [5.41, 5.74) is 1.95. The van der Waals surface area contributed by atoms with Crippen molar-refractivity contribution in [1.29, 1.82) is 0 Å². The van der Waals surface area contributed by atoms with E-state index in [0.29, 0.717) is 22.8 Å². The molecule has 0 saturated carbocycles. The predicted octanol–water partition coefficient (Wildman–Crippen LogP) is 2.93. The van der Waals surface area contributed by atoms with E-state index in [2.05, 4.69) is 10.6 Å². The molecule has 0 saturated heterocycles. The average Bonchev–Trinajstić information content (AvgIpc) is 3.14. The number of fused-ring (bicyclic) bond motifs is 1. The molecule has 2 heterocycles. The molecule has 0 radical (unpaired) electrons. The Hall–Kier alpha value is -3.55. The normalized spacial score (nSPS) is 17.8. The van der Waals surface area contributed by atoms with Crippen LogP contribution in [-0.2, 0) is 16.1 Å². The van der Waals surface area contributed by atoms with Gasteiger partial charge in [-0.2, -0.15) is 0 Å². The molecule has 0 aliphatic carbocycles. The lowest BCUT2D eigenvalue weighted by Gasteiger charge is -2.28. The Balaban J connectivity index is 1.54. The number of nitrogens with one attached hydrogen (secondary N) is 2. The third-order valence-electron chi connectivity index (χ3n) is 4.50. The minimum Gasteiger partial charge on any atom is -0.457 e. The maximum Gasteiger partial charge on any atom is 0.338 e. The molecule has 1 atom stereocenters. The molecule has 8 heteroatoms. The number of esters is 1. The first-order valence-electron chi connectivity index (χ1n) is 8.60. The first-order chi connectivity index (χ1) is 13.5. The summed E-state index contributed by atoms with van der Waals surface area (Å²) >= 11 is 0. The summed E-state index contributed by atoms with van der Waals surface area (Å²) < 4.78 is 29.3. The van der Waals surface area contributed by atoms with Crippen molar-refractivity contribution in [2.45, 2.75) is 19.6 Å². The summed E-state index contributed by atoms with van der Waals surface area (Å²) in [5, 5.41) is 5.25. The quantitative estimate of drug-likeness (QED) is 0.792. The van der Waals surface area contributed by atoms with E-state index < -0.39 is 23.9 Å². The number of carbonyl (C=O) groups excluding carboxylic acids is 2. The van der Waals surface area contributed by atoms with Crippen LogP contribution in [0.1, 0.15) is 24.1 Å². The zero-order valence-electron chi connectivity index (χ0n) is 15.0. The number of benzene rings is 2. The molecule has 2 aromatic rings. The Bertz CT molecular complexity index is 971. The van der Waals surface area contributed by atoms with Gasteiger partial charge in [-0.25, -0.2) is 14.0 Å². The molecule has 0 unspecified atom stereocenters. The van der Waals surface area contributed by atoms with E-state index in [-0.39, 0.29) is 19.0 Å². The summed E-state index contributed by atoms with van der Waals surface area (Å²) in [6, 6.07) is 9.67. The number of ether oxygens (including phenoxy) is 3. The fourth-order valence-electron chi connectivity index (χ4n) is 3.13. The molecular weight excluding hydrogens is 367 g/mol. The standard InChI is InChI=1S/C20H17FN2O5/c1-11-17(18(23-20(25)22-11)13-3-5-14(21)6-4-13)19(24)26-9-12-2-7-15-16(8-12)28-10-27-15/h2-8,18H,9-10H2,1H3,(H2,22,23,25)/t18-/m0/s1. The van der Waals surface area contributed by atoms with Gasteiger partial charge in [-0.05, 0) is 42.3 Å². The van der Waals surface area contributed by atoms with Crippen LogP contribution in [0.5, 0.6) is 11.5 Å². The van der Waals surface area contributed by atoms with Crippen molar-refractivity contribution in [2.75, 3.05) is 6.79 Å². The minimum absolute atomic E-state index is 0.0241. The number of amides is 2. The molecule has 0 bridgehead atoms. The Kier molecular flexibility index (Phi) is 4.60. The van der Waals surface area contributed by atoms with Gasteiger partial charge in [0, 0.05) is 5.70 Å². The second-order valence-corrected chi connectivity index (χ2v) is 6.39. The van der Waals surface area contributed by atoms with Crippen LogP contribution in [0.4, 0.5) is 9.18 Å². The smallest absolute Gasteiger partial charge is 0.338 e. The highest BCUT2D eigenvalue weighted by Crippen LogP contribution is 2.33. The van der Waals surface area contributed by atoms with Crippen molar-refractivity contribution in [1.82, 2.24) is 10.6 Å². The Morgan fingerprint density at radius 1 is 1.18 bits per heavy atom. The Morgan fingerprint density at radius 2 is 1.93 bits per heavy atom. The van der Waals surface area contributed by atoms with Crippen molar-refractivity contribution in [3.63, 3.8) is 0 Å². The topological polar surface area (TPSA) is 85.9 Å². The molecule has 0 aromatic heterocycles. The van der Waals surface area contributed by atoms with Crippen LogP contribution in [-0.4, -0.2) is 18.8 Å². The van der Waals surface area contributed by atoms with Crippen molar-refractivity contribution < 1.29 is 28.2 Å². The van der Waals surface area contributed by atoms with Gasteiger partial charge in [0.15, 0.2) is 11.5 Å². The maximum absolute atomic E-state index is 13.2. The first kappa shape index (κ1) is 17.8. The summed E-state index contributed by atoms with van der Waals surface area (Å²) in [6.07, 6.45) is 0. The van der Waals surface area contributed by atoms with Crippen LogP contribution in [0, 0.1) is 5.82 Å². The highest BCUT2D eigenvalue weighted by atomic mass is 19.1. The van der Waals surface area contributed by atoms with Crippen molar-refractivity contribution in [3.8, 4) is 11.5 Å². The van der Waals surface area contributed by atoms with Gasteiger partial charge in [-0.3, -0.25) is 0 Å². The molecule has 28 heavy (non-hydrogen) atoms. The van der Waals surface area contributed by atoms with Crippen molar-refractivity contribution in [2.24, 2.45) is 0 Å². The summed E-state index contributed by atoms with van der Waals surface area (Å²) in [6.45, 7) is 1.80. The Morgan fingerprint density at radius 3 is 2.71 bits per heavy atom. The number of carbonyl (C=O) groups is 2. The summed E-state index contributed by atoms with van der Waals surface area (Å²) in [4.78, 5) is 24.6. The minimum atomic E-state index is -0.737. The molecule has 2 aliphatic rings. The molecule has 0 fully saturated rings. The van der Waals surface area contributed by atoms with Gasteiger partial charge < -0.3 is 24.8 Å². The van der Waals surface area contributed by atoms with Crippen LogP contribution < -0.4 is 20.1 Å². The van der Waals surface area contributed by atoms with Crippen molar-refractivity contribution in [3.05, 3.63) is 70.7 Å². The summed E-state index contributed by atoms with van der Waals surface area (Å²) in [5.74, 6) is 0.248. The van der Waals surface area contributed by atoms with Crippen molar-refractivity contribution >= 4 is 12.0 Å². The third-order valence-corrected chi connectivity index (χ3v) is 4.50. The number of rotatable bonds is 4. The van der Waals surface area contributed by atoms with Gasteiger partial charge >= 0.3 is 12.0 Å². The molecule has 2 aliphatic heterocycles. The number of urea groups is 1. The molecule has 2 aromatic carbocycles. The lowest BCUT2D eigenvalue weighted by atomic mass is 9.95. The van der Waals surface area contributed by atoms with E-state index in [4.69, 9.17) is 14.2 Å². The second-order valence-electron chi connectivity index (χ2n) is 6.39. The lowest BCUT2D eigenvalue weighted by molar-refractivity contribution is -0.140. The molecule has 4 rings (SSSR count). The van der Waals surface area contributed by atoms with E-state index in [1.165, 1.54) is 24.3 Å². The zero-order chi connectivity index (χ0) is 19.7. The molecule has 2 N–H and O–H groups in total. The third kappa shape index (κ3) is 3.48.